The highest BCUT2D eigenvalue weighted by atomic mass is 19.3. The van der Waals surface area contributed by atoms with Gasteiger partial charge in [-0.3, -0.25) is 4.57 Å². The lowest BCUT2D eigenvalue weighted by molar-refractivity contribution is 0.122. The molecule has 3 aromatic heterocycles. The van der Waals surface area contributed by atoms with Crippen molar-refractivity contribution in [1.82, 2.24) is 39.4 Å². The largest absolute Gasteiger partial charge is 0.378 e. The number of ether oxygens (including phenoxy) is 1. The number of morpholine rings is 1. The third kappa shape index (κ3) is 5.92. The molecule has 1 aromatic carbocycles. The molecular formula is C24H29F2N11O. The minimum Gasteiger partial charge on any atom is -0.378 e. The van der Waals surface area contributed by atoms with Crippen LogP contribution < -0.4 is 15.5 Å². The number of nitrogens with one attached hydrogen (secondary N) is 2. The lowest BCUT2D eigenvalue weighted by Gasteiger charge is -2.27. The Morgan fingerprint density at radius 3 is 2.45 bits per heavy atom. The van der Waals surface area contributed by atoms with E-state index in [1.165, 1.54) is 4.57 Å². The molecule has 0 aliphatic carbocycles. The van der Waals surface area contributed by atoms with Gasteiger partial charge in [-0.25, -0.2) is 23.7 Å². The summed E-state index contributed by atoms with van der Waals surface area (Å²) in [6.45, 7) is 3.85. The van der Waals surface area contributed by atoms with E-state index in [4.69, 9.17) is 4.74 Å². The molecule has 0 spiro atoms. The molecule has 4 heterocycles. The lowest BCUT2D eigenvalue weighted by atomic mass is 10.3. The van der Waals surface area contributed by atoms with Gasteiger partial charge in [0, 0.05) is 19.6 Å². The first-order valence-corrected chi connectivity index (χ1v) is 12.3. The highest BCUT2D eigenvalue weighted by Gasteiger charge is 2.24. The van der Waals surface area contributed by atoms with E-state index in [1.54, 1.807) is 36.7 Å². The Hall–Kier alpha value is -4.04. The number of alkyl halides is 2. The maximum absolute atomic E-state index is 14.0. The van der Waals surface area contributed by atoms with Gasteiger partial charge < -0.3 is 25.2 Å². The van der Waals surface area contributed by atoms with Crippen LogP contribution in [0.25, 0.3) is 17.0 Å². The number of aromatic nitrogens is 7. The summed E-state index contributed by atoms with van der Waals surface area (Å²) in [4.78, 5) is 30.4. The molecule has 1 saturated heterocycles. The molecule has 12 nitrogen and oxygen atoms in total. The van der Waals surface area contributed by atoms with E-state index in [9.17, 15) is 8.78 Å². The minimum absolute atomic E-state index is 0.0353. The van der Waals surface area contributed by atoms with Crippen LogP contribution in [0.4, 0.5) is 32.3 Å². The molecule has 14 heteroatoms. The molecule has 1 fully saturated rings. The summed E-state index contributed by atoms with van der Waals surface area (Å²) in [5.41, 5.74) is 1.44. The standard InChI is InChI=1S/C24H29F2N11O/c1-35(2)9-5-8-27-21-28-14-16(15-29-21)30-22-32-23(36-10-12-38-13-11-36)34-24(33-22)37-18-7-4-3-6-17(18)31-20(37)19(25)26/h3-4,6-7,14-15,19H,5,8-13H2,1-2H3,(H,27,28,29)(H,30,32,33,34). The summed E-state index contributed by atoms with van der Waals surface area (Å²) >= 11 is 0. The molecule has 4 aromatic rings. The number of para-hydroxylation sites is 2. The highest BCUT2D eigenvalue weighted by molar-refractivity contribution is 5.77. The summed E-state index contributed by atoms with van der Waals surface area (Å²) < 4.78 is 34.8. The van der Waals surface area contributed by atoms with Crippen molar-refractivity contribution in [3.63, 3.8) is 0 Å². The first kappa shape index (κ1) is 25.6. The third-order valence-electron chi connectivity index (χ3n) is 5.86. The smallest absolute Gasteiger partial charge is 0.296 e. The number of imidazole rings is 1. The Morgan fingerprint density at radius 1 is 0.974 bits per heavy atom. The molecule has 200 valence electrons. The molecule has 0 bridgehead atoms. The van der Waals surface area contributed by atoms with Gasteiger partial charge in [0.15, 0.2) is 5.82 Å². The van der Waals surface area contributed by atoms with E-state index >= 15 is 0 Å². The summed E-state index contributed by atoms with van der Waals surface area (Å²) in [5, 5.41) is 6.28. The fraction of sp³-hybridized carbons (Fsp3) is 0.417. The quantitative estimate of drug-likeness (QED) is 0.297. The van der Waals surface area contributed by atoms with Gasteiger partial charge in [-0.15, -0.1) is 0 Å². The van der Waals surface area contributed by atoms with Gasteiger partial charge in [0.25, 0.3) is 6.43 Å². The Kier molecular flexibility index (Phi) is 7.79. The molecule has 2 N–H and O–H groups in total. The zero-order chi connectivity index (χ0) is 26.5. The fourth-order valence-corrected chi connectivity index (χ4v) is 4.02. The van der Waals surface area contributed by atoms with Gasteiger partial charge in [-0.2, -0.15) is 15.0 Å². The van der Waals surface area contributed by atoms with Gasteiger partial charge >= 0.3 is 0 Å². The average Bonchev–Trinajstić information content (AvgIpc) is 3.32. The number of hydrogen-bond donors (Lipinski definition) is 2. The second kappa shape index (κ2) is 11.6. The van der Waals surface area contributed by atoms with Crippen molar-refractivity contribution in [2.45, 2.75) is 12.8 Å². The van der Waals surface area contributed by atoms with E-state index < -0.39 is 12.2 Å². The monoisotopic (exact) mass is 525 g/mol. The second-order valence-electron chi connectivity index (χ2n) is 8.96. The molecular weight excluding hydrogens is 496 g/mol. The van der Waals surface area contributed by atoms with Gasteiger partial charge in [0.2, 0.25) is 23.8 Å². The number of halogens is 2. The fourth-order valence-electron chi connectivity index (χ4n) is 4.02. The van der Waals surface area contributed by atoms with E-state index in [0.717, 1.165) is 19.5 Å². The van der Waals surface area contributed by atoms with Crippen molar-refractivity contribution >= 4 is 34.6 Å². The van der Waals surface area contributed by atoms with Gasteiger partial charge in [0.1, 0.15) is 0 Å². The van der Waals surface area contributed by atoms with E-state index in [0.29, 0.717) is 54.9 Å². The molecule has 0 radical (unpaired) electrons. The van der Waals surface area contributed by atoms with Gasteiger partial charge in [-0.1, -0.05) is 12.1 Å². The predicted octanol–water partition coefficient (Wildman–Crippen LogP) is 2.88. The molecule has 1 aliphatic heterocycles. The van der Waals surface area contributed by atoms with Crippen LogP contribution in [0.15, 0.2) is 36.7 Å². The van der Waals surface area contributed by atoms with Crippen molar-refractivity contribution in [2.75, 3.05) is 69.0 Å². The number of anilines is 4. The maximum Gasteiger partial charge on any atom is 0.296 e. The van der Waals surface area contributed by atoms with E-state index in [1.807, 2.05) is 19.0 Å². The SMILES string of the molecule is CN(C)CCCNc1ncc(Nc2nc(N3CCOCC3)nc(-n3c(C(F)F)nc4ccccc43)n2)cn1. The van der Waals surface area contributed by atoms with Crippen molar-refractivity contribution in [1.29, 1.82) is 0 Å². The summed E-state index contributed by atoms with van der Waals surface area (Å²) in [7, 11) is 4.05. The zero-order valence-corrected chi connectivity index (χ0v) is 21.2. The van der Waals surface area contributed by atoms with Crippen LogP contribution in [-0.2, 0) is 4.74 Å². The number of hydrogen-bond acceptors (Lipinski definition) is 11. The Labute approximate surface area is 218 Å². The first-order chi connectivity index (χ1) is 18.5. The minimum atomic E-state index is -2.83. The van der Waals surface area contributed by atoms with Crippen LogP contribution >= 0.6 is 0 Å². The van der Waals surface area contributed by atoms with Gasteiger partial charge in [-0.05, 0) is 39.2 Å². The van der Waals surface area contributed by atoms with Crippen LogP contribution in [-0.4, -0.2) is 92.9 Å². The predicted molar refractivity (Wildman–Crippen MR) is 139 cm³/mol. The molecule has 0 unspecified atom stereocenters. The van der Waals surface area contributed by atoms with Crippen LogP contribution in [0.2, 0.25) is 0 Å². The van der Waals surface area contributed by atoms with E-state index in [-0.39, 0.29) is 11.9 Å². The number of nitrogens with zero attached hydrogens (tertiary/aromatic N) is 9. The van der Waals surface area contributed by atoms with Crippen molar-refractivity contribution in [2.24, 2.45) is 0 Å². The maximum atomic E-state index is 14.0. The first-order valence-electron chi connectivity index (χ1n) is 12.3. The summed E-state index contributed by atoms with van der Waals surface area (Å²) in [6, 6.07) is 6.88. The van der Waals surface area contributed by atoms with Crippen LogP contribution in [0.3, 0.4) is 0 Å². The Bertz CT molecular complexity index is 1360. The normalized spacial score (nSPS) is 14.0. The Morgan fingerprint density at radius 2 is 1.71 bits per heavy atom. The second-order valence-corrected chi connectivity index (χ2v) is 8.96. The Balaban J connectivity index is 1.46. The van der Waals surface area contributed by atoms with E-state index in [2.05, 4.69) is 45.4 Å². The highest BCUT2D eigenvalue weighted by Crippen LogP contribution is 2.28. The number of rotatable bonds is 10. The van der Waals surface area contributed by atoms with Crippen molar-refractivity contribution < 1.29 is 13.5 Å². The van der Waals surface area contributed by atoms with Crippen LogP contribution in [0.5, 0.6) is 0 Å². The summed E-state index contributed by atoms with van der Waals surface area (Å²) in [5.74, 6) is 0.618. The van der Waals surface area contributed by atoms with Crippen LogP contribution in [0, 0.1) is 0 Å². The number of fused-ring (bicyclic) bond motifs is 1. The molecule has 38 heavy (non-hydrogen) atoms. The summed E-state index contributed by atoms with van der Waals surface area (Å²) in [6.07, 6.45) is 1.35. The molecule has 0 saturated carbocycles. The van der Waals surface area contributed by atoms with Gasteiger partial charge in [0.05, 0.1) is 42.3 Å². The molecule has 5 rings (SSSR count). The molecule has 1 aliphatic rings. The lowest BCUT2D eigenvalue weighted by Crippen LogP contribution is -2.37. The topological polar surface area (TPSA) is 122 Å². The van der Waals surface area contributed by atoms with Crippen molar-refractivity contribution in [3.8, 4) is 5.95 Å². The van der Waals surface area contributed by atoms with Crippen molar-refractivity contribution in [3.05, 3.63) is 42.5 Å². The molecule has 0 amide bonds. The zero-order valence-electron chi connectivity index (χ0n) is 21.2. The molecule has 0 atom stereocenters. The number of benzene rings is 1. The third-order valence-corrected chi connectivity index (χ3v) is 5.86. The average molecular weight is 526 g/mol. The van der Waals surface area contributed by atoms with Crippen LogP contribution in [0.1, 0.15) is 18.7 Å².